The van der Waals surface area contributed by atoms with Crippen molar-refractivity contribution in [2.24, 2.45) is 0 Å². The minimum Gasteiger partial charge on any atom is -0.378 e. The van der Waals surface area contributed by atoms with Crippen LogP contribution in [-0.4, -0.2) is 20.1 Å². The van der Waals surface area contributed by atoms with Gasteiger partial charge < -0.3 is 15.5 Å². The lowest BCUT2D eigenvalue weighted by molar-refractivity contribution is 0.251. The normalized spacial score (nSPS) is 10.0. The number of benzene rings is 2. The van der Waals surface area contributed by atoms with Gasteiger partial charge in [-0.3, -0.25) is 0 Å². The molecule has 0 unspecified atom stereocenters. The van der Waals surface area contributed by atoms with E-state index in [1.54, 1.807) is 12.1 Å². The number of anilines is 2. The quantitative estimate of drug-likeness (QED) is 0.907. The topological polar surface area (TPSA) is 44.4 Å². The van der Waals surface area contributed by atoms with E-state index < -0.39 is 0 Å². The maximum atomic E-state index is 13.0. The summed E-state index contributed by atoms with van der Waals surface area (Å²) in [4.78, 5) is 13.7. The van der Waals surface area contributed by atoms with E-state index in [0.717, 1.165) is 5.69 Å². The number of carbonyl (C=O) groups excluding carboxylic acids is 1. The zero-order valence-corrected chi connectivity index (χ0v) is 12.1. The molecule has 2 amide bonds. The van der Waals surface area contributed by atoms with Crippen molar-refractivity contribution in [1.82, 2.24) is 5.32 Å². The first-order valence-electron chi connectivity index (χ1n) is 6.61. The molecular formula is C16H18FN3O. The Bertz CT molecular complexity index is 611. The number of hydrogen-bond donors (Lipinski definition) is 2. The Morgan fingerprint density at radius 3 is 2.48 bits per heavy atom. The van der Waals surface area contributed by atoms with Crippen LogP contribution >= 0.6 is 0 Å². The van der Waals surface area contributed by atoms with E-state index in [9.17, 15) is 9.18 Å². The van der Waals surface area contributed by atoms with Gasteiger partial charge in [-0.05, 0) is 42.0 Å². The smallest absolute Gasteiger partial charge is 0.319 e. The van der Waals surface area contributed by atoms with Gasteiger partial charge in [0.2, 0.25) is 0 Å². The molecule has 0 atom stereocenters. The fourth-order valence-electron chi connectivity index (χ4n) is 1.85. The molecule has 2 aromatic carbocycles. The van der Waals surface area contributed by atoms with E-state index in [1.165, 1.54) is 12.1 Å². The summed E-state index contributed by atoms with van der Waals surface area (Å²) < 4.78 is 13.0. The molecule has 0 spiro atoms. The van der Waals surface area contributed by atoms with Crippen LogP contribution in [0, 0.1) is 5.82 Å². The molecule has 21 heavy (non-hydrogen) atoms. The van der Waals surface area contributed by atoms with Gasteiger partial charge in [0.15, 0.2) is 0 Å². The molecule has 2 rings (SSSR count). The van der Waals surface area contributed by atoms with Gasteiger partial charge in [-0.1, -0.05) is 12.1 Å². The maximum Gasteiger partial charge on any atom is 0.319 e. The predicted molar refractivity (Wildman–Crippen MR) is 83.0 cm³/mol. The van der Waals surface area contributed by atoms with Crippen LogP contribution in [0.5, 0.6) is 0 Å². The highest BCUT2D eigenvalue weighted by Crippen LogP contribution is 2.15. The Morgan fingerprint density at radius 2 is 1.86 bits per heavy atom. The summed E-state index contributed by atoms with van der Waals surface area (Å²) in [6.07, 6.45) is 0. The molecule has 0 aliphatic carbocycles. The molecular weight excluding hydrogens is 269 g/mol. The number of nitrogens with one attached hydrogen (secondary N) is 2. The number of hydrogen-bond acceptors (Lipinski definition) is 2. The lowest BCUT2D eigenvalue weighted by Gasteiger charge is -2.13. The van der Waals surface area contributed by atoms with Crippen molar-refractivity contribution in [1.29, 1.82) is 0 Å². The minimum absolute atomic E-state index is 0.277. The standard InChI is InChI=1S/C16H18FN3O/c1-20(2)15-8-6-14(7-9-15)19-16(21)18-11-12-4-3-5-13(17)10-12/h3-10H,11H2,1-2H3,(H2,18,19,21). The van der Waals surface area contributed by atoms with Crippen molar-refractivity contribution in [2.75, 3.05) is 24.3 Å². The average Bonchev–Trinajstić information content (AvgIpc) is 2.46. The van der Waals surface area contributed by atoms with Crippen LogP contribution in [0.25, 0.3) is 0 Å². The molecule has 0 bridgehead atoms. The predicted octanol–water partition coefficient (Wildman–Crippen LogP) is 3.21. The zero-order chi connectivity index (χ0) is 15.2. The molecule has 2 N–H and O–H groups in total. The third-order valence-electron chi connectivity index (χ3n) is 2.98. The number of halogens is 1. The highest BCUT2D eigenvalue weighted by Gasteiger charge is 2.03. The summed E-state index contributed by atoms with van der Waals surface area (Å²) in [6.45, 7) is 0.277. The first kappa shape index (κ1) is 14.8. The number of rotatable bonds is 4. The zero-order valence-electron chi connectivity index (χ0n) is 12.1. The monoisotopic (exact) mass is 287 g/mol. The lowest BCUT2D eigenvalue weighted by atomic mass is 10.2. The summed E-state index contributed by atoms with van der Waals surface area (Å²) >= 11 is 0. The van der Waals surface area contributed by atoms with Crippen molar-refractivity contribution in [3.63, 3.8) is 0 Å². The van der Waals surface area contributed by atoms with Crippen molar-refractivity contribution in [2.45, 2.75) is 6.54 Å². The van der Waals surface area contributed by atoms with Crippen LogP contribution in [-0.2, 0) is 6.54 Å². The van der Waals surface area contributed by atoms with Gasteiger partial charge in [-0.25, -0.2) is 9.18 Å². The molecule has 0 radical (unpaired) electrons. The van der Waals surface area contributed by atoms with E-state index >= 15 is 0 Å². The van der Waals surface area contributed by atoms with E-state index in [1.807, 2.05) is 43.3 Å². The molecule has 4 nitrogen and oxygen atoms in total. The van der Waals surface area contributed by atoms with Crippen molar-refractivity contribution in [3.8, 4) is 0 Å². The Morgan fingerprint density at radius 1 is 1.14 bits per heavy atom. The van der Waals surface area contributed by atoms with Crippen LogP contribution < -0.4 is 15.5 Å². The molecule has 0 aliphatic heterocycles. The average molecular weight is 287 g/mol. The van der Waals surface area contributed by atoms with Gasteiger partial charge in [-0.2, -0.15) is 0 Å². The number of urea groups is 1. The van der Waals surface area contributed by atoms with Gasteiger partial charge >= 0.3 is 6.03 Å². The van der Waals surface area contributed by atoms with E-state index in [-0.39, 0.29) is 18.4 Å². The molecule has 5 heteroatoms. The summed E-state index contributed by atoms with van der Waals surface area (Å²) in [5.74, 6) is -0.311. The fourth-order valence-corrected chi connectivity index (χ4v) is 1.85. The first-order chi connectivity index (χ1) is 10.0. The van der Waals surface area contributed by atoms with Crippen molar-refractivity contribution in [3.05, 3.63) is 59.9 Å². The largest absolute Gasteiger partial charge is 0.378 e. The second-order valence-electron chi connectivity index (χ2n) is 4.88. The maximum absolute atomic E-state index is 13.0. The van der Waals surface area contributed by atoms with Gasteiger partial charge in [0.25, 0.3) is 0 Å². The highest BCUT2D eigenvalue weighted by molar-refractivity contribution is 5.89. The summed E-state index contributed by atoms with van der Waals surface area (Å²) in [5.41, 5.74) is 2.48. The number of nitrogens with zero attached hydrogens (tertiary/aromatic N) is 1. The third kappa shape index (κ3) is 4.49. The Kier molecular flexibility index (Phi) is 4.77. The van der Waals surface area contributed by atoms with E-state index in [2.05, 4.69) is 10.6 Å². The van der Waals surface area contributed by atoms with Crippen molar-refractivity contribution >= 4 is 17.4 Å². The first-order valence-corrected chi connectivity index (χ1v) is 6.61. The molecule has 0 heterocycles. The van der Waals surface area contributed by atoms with Gasteiger partial charge in [0.1, 0.15) is 5.82 Å². The van der Waals surface area contributed by atoms with Crippen LogP contribution in [0.3, 0.4) is 0 Å². The molecule has 0 aromatic heterocycles. The van der Waals surface area contributed by atoms with Crippen LogP contribution in [0.4, 0.5) is 20.6 Å². The molecule has 0 saturated heterocycles. The van der Waals surface area contributed by atoms with Crippen LogP contribution in [0.15, 0.2) is 48.5 Å². The third-order valence-corrected chi connectivity index (χ3v) is 2.98. The highest BCUT2D eigenvalue weighted by atomic mass is 19.1. The van der Waals surface area contributed by atoms with Gasteiger partial charge in [0, 0.05) is 32.0 Å². The SMILES string of the molecule is CN(C)c1ccc(NC(=O)NCc2cccc(F)c2)cc1. The van der Waals surface area contributed by atoms with Crippen LogP contribution in [0.1, 0.15) is 5.56 Å². The second-order valence-corrected chi connectivity index (χ2v) is 4.88. The number of amides is 2. The van der Waals surface area contributed by atoms with Gasteiger partial charge in [-0.15, -0.1) is 0 Å². The van der Waals surface area contributed by atoms with Crippen LogP contribution in [0.2, 0.25) is 0 Å². The second kappa shape index (κ2) is 6.74. The fraction of sp³-hybridized carbons (Fsp3) is 0.188. The van der Waals surface area contributed by atoms with Crippen molar-refractivity contribution < 1.29 is 9.18 Å². The molecule has 110 valence electrons. The Labute approximate surface area is 123 Å². The summed E-state index contributed by atoms with van der Waals surface area (Å²) in [6, 6.07) is 13.3. The summed E-state index contributed by atoms with van der Waals surface area (Å²) in [5, 5.41) is 5.42. The van der Waals surface area contributed by atoms with E-state index in [0.29, 0.717) is 11.3 Å². The number of carbonyl (C=O) groups is 1. The summed E-state index contributed by atoms with van der Waals surface area (Å²) in [7, 11) is 3.91. The Hall–Kier alpha value is -2.56. The van der Waals surface area contributed by atoms with E-state index in [4.69, 9.17) is 0 Å². The molecule has 0 saturated carbocycles. The lowest BCUT2D eigenvalue weighted by Crippen LogP contribution is -2.28. The minimum atomic E-state index is -0.322. The Balaban J connectivity index is 1.87. The molecule has 2 aromatic rings. The molecule has 0 aliphatic rings. The molecule has 0 fully saturated rings. The van der Waals surface area contributed by atoms with Gasteiger partial charge in [0.05, 0.1) is 0 Å².